The molecule has 3 rings (SSSR count). The van der Waals surface area contributed by atoms with Crippen molar-refractivity contribution < 1.29 is 9.47 Å². The van der Waals surface area contributed by atoms with Crippen molar-refractivity contribution in [2.75, 3.05) is 0 Å². The van der Waals surface area contributed by atoms with Crippen LogP contribution in [0.25, 0.3) is 0 Å². The highest BCUT2D eigenvalue weighted by atomic mass is 16.7. The Morgan fingerprint density at radius 3 is 2.50 bits per heavy atom. The normalized spacial score (nSPS) is 49.6. The summed E-state index contributed by atoms with van der Waals surface area (Å²) in [6.07, 6.45) is 11.8. The van der Waals surface area contributed by atoms with E-state index < -0.39 is 0 Å². The Bertz CT molecular complexity index is 315. The van der Waals surface area contributed by atoms with Gasteiger partial charge in [-0.15, -0.1) is 0 Å². The van der Waals surface area contributed by atoms with Crippen molar-refractivity contribution in [2.45, 2.75) is 90.6 Å². The van der Waals surface area contributed by atoms with Gasteiger partial charge in [0, 0.05) is 5.92 Å². The van der Waals surface area contributed by atoms with E-state index in [2.05, 4.69) is 20.8 Å². The molecule has 1 aliphatic heterocycles. The van der Waals surface area contributed by atoms with Gasteiger partial charge in [-0.1, -0.05) is 39.5 Å². The van der Waals surface area contributed by atoms with Crippen LogP contribution in [0.4, 0.5) is 0 Å². The van der Waals surface area contributed by atoms with Crippen LogP contribution in [0.1, 0.15) is 72.1 Å². The zero-order valence-corrected chi connectivity index (χ0v) is 13.5. The lowest BCUT2D eigenvalue weighted by atomic mass is 9.69. The maximum Gasteiger partial charge on any atom is 0.161 e. The second kappa shape index (κ2) is 6.36. The first-order valence-corrected chi connectivity index (χ1v) is 8.96. The fraction of sp³-hybridized carbons (Fsp3) is 1.00. The molecule has 0 spiro atoms. The Kier molecular flexibility index (Phi) is 4.72. The van der Waals surface area contributed by atoms with Gasteiger partial charge in [0.1, 0.15) is 0 Å². The van der Waals surface area contributed by atoms with Crippen LogP contribution in [-0.2, 0) is 9.47 Å². The smallest absolute Gasteiger partial charge is 0.161 e. The van der Waals surface area contributed by atoms with Gasteiger partial charge in [-0.2, -0.15) is 0 Å². The van der Waals surface area contributed by atoms with Gasteiger partial charge in [0.05, 0.1) is 12.2 Å². The molecule has 2 nitrogen and oxygen atoms in total. The Morgan fingerprint density at radius 2 is 1.65 bits per heavy atom. The average Bonchev–Trinajstić information content (AvgIpc) is 2.44. The van der Waals surface area contributed by atoms with Crippen molar-refractivity contribution >= 4 is 0 Å². The SMILES string of the molecule is CC1CC(C)C(C)[C@H](O[C@H]2CCC[C@H]3CCCC[C@H]32)O1. The lowest BCUT2D eigenvalue weighted by Gasteiger charge is -2.45. The number of hydrogen-bond acceptors (Lipinski definition) is 2. The molecule has 7 atom stereocenters. The molecule has 3 fully saturated rings. The lowest BCUT2D eigenvalue weighted by Crippen LogP contribution is -2.45. The van der Waals surface area contributed by atoms with E-state index in [9.17, 15) is 0 Å². The standard InChI is InChI=1S/C18H32O2/c1-12-11-13(2)19-18(14(12)3)20-17-10-6-8-15-7-4-5-9-16(15)17/h12-18H,4-11H2,1-3H3/t12?,13?,14?,15-,16-,17+,18+/m1/s1. The monoisotopic (exact) mass is 280 g/mol. The first kappa shape index (κ1) is 14.8. The van der Waals surface area contributed by atoms with Gasteiger partial charge in [-0.05, 0) is 50.4 Å². The average molecular weight is 280 g/mol. The summed E-state index contributed by atoms with van der Waals surface area (Å²) in [6, 6.07) is 0. The molecule has 0 aromatic carbocycles. The van der Waals surface area contributed by atoms with Crippen molar-refractivity contribution in [3.63, 3.8) is 0 Å². The van der Waals surface area contributed by atoms with Crippen molar-refractivity contribution in [3.05, 3.63) is 0 Å². The quantitative estimate of drug-likeness (QED) is 0.725. The van der Waals surface area contributed by atoms with Gasteiger partial charge in [-0.3, -0.25) is 0 Å². The summed E-state index contributed by atoms with van der Waals surface area (Å²) in [5.74, 6) is 3.02. The fourth-order valence-corrected chi connectivity index (χ4v) is 4.79. The molecule has 3 aliphatic rings. The van der Waals surface area contributed by atoms with Crippen LogP contribution in [0.3, 0.4) is 0 Å². The van der Waals surface area contributed by atoms with Crippen LogP contribution < -0.4 is 0 Å². The highest BCUT2D eigenvalue weighted by Gasteiger charge is 2.40. The Balaban J connectivity index is 1.63. The molecule has 1 saturated heterocycles. The van der Waals surface area contributed by atoms with E-state index in [1.165, 1.54) is 51.4 Å². The van der Waals surface area contributed by atoms with Crippen molar-refractivity contribution in [1.29, 1.82) is 0 Å². The number of hydrogen-bond donors (Lipinski definition) is 0. The second-order valence-electron chi connectivity index (χ2n) is 7.70. The second-order valence-corrected chi connectivity index (χ2v) is 7.70. The Morgan fingerprint density at radius 1 is 0.900 bits per heavy atom. The van der Waals surface area contributed by atoms with E-state index in [1.807, 2.05) is 0 Å². The molecule has 2 aliphatic carbocycles. The fourth-order valence-electron chi connectivity index (χ4n) is 4.79. The molecule has 0 aromatic rings. The minimum atomic E-state index is 0.0411. The highest BCUT2D eigenvalue weighted by Crippen LogP contribution is 2.43. The maximum atomic E-state index is 6.53. The molecule has 0 amide bonds. The Labute approximate surface area is 124 Å². The molecule has 2 heteroatoms. The minimum Gasteiger partial charge on any atom is -0.349 e. The highest BCUT2D eigenvalue weighted by molar-refractivity contribution is 4.87. The first-order chi connectivity index (χ1) is 9.65. The van der Waals surface area contributed by atoms with E-state index in [0.29, 0.717) is 18.1 Å². The van der Waals surface area contributed by atoms with Gasteiger partial charge < -0.3 is 9.47 Å². The van der Waals surface area contributed by atoms with Crippen LogP contribution in [0.2, 0.25) is 0 Å². The largest absolute Gasteiger partial charge is 0.349 e. The van der Waals surface area contributed by atoms with Crippen LogP contribution in [0.5, 0.6) is 0 Å². The molecule has 20 heavy (non-hydrogen) atoms. The molecular weight excluding hydrogens is 248 g/mol. The molecule has 2 saturated carbocycles. The van der Waals surface area contributed by atoms with Gasteiger partial charge >= 0.3 is 0 Å². The summed E-state index contributed by atoms with van der Waals surface area (Å²) < 4.78 is 12.7. The maximum absolute atomic E-state index is 6.53. The van der Waals surface area contributed by atoms with Gasteiger partial charge in [-0.25, -0.2) is 0 Å². The molecule has 3 unspecified atom stereocenters. The third-order valence-electron chi connectivity index (χ3n) is 6.21. The van der Waals surface area contributed by atoms with Crippen molar-refractivity contribution in [2.24, 2.45) is 23.7 Å². The zero-order valence-electron chi connectivity index (χ0n) is 13.5. The van der Waals surface area contributed by atoms with E-state index >= 15 is 0 Å². The summed E-state index contributed by atoms with van der Waals surface area (Å²) in [5.41, 5.74) is 0. The van der Waals surface area contributed by atoms with Crippen molar-refractivity contribution in [1.82, 2.24) is 0 Å². The van der Waals surface area contributed by atoms with E-state index in [-0.39, 0.29) is 6.29 Å². The molecule has 116 valence electrons. The lowest BCUT2D eigenvalue weighted by molar-refractivity contribution is -0.260. The Hall–Kier alpha value is -0.0800. The van der Waals surface area contributed by atoms with E-state index in [4.69, 9.17) is 9.47 Å². The first-order valence-electron chi connectivity index (χ1n) is 8.96. The molecule has 1 heterocycles. The molecule has 0 N–H and O–H groups in total. The summed E-state index contributed by atoms with van der Waals surface area (Å²) in [7, 11) is 0. The van der Waals surface area contributed by atoms with Gasteiger partial charge in [0.15, 0.2) is 6.29 Å². The molecular formula is C18H32O2. The summed E-state index contributed by atoms with van der Waals surface area (Å²) in [4.78, 5) is 0. The predicted molar refractivity (Wildman–Crippen MR) is 81.5 cm³/mol. The third-order valence-corrected chi connectivity index (χ3v) is 6.21. The van der Waals surface area contributed by atoms with Gasteiger partial charge in [0.25, 0.3) is 0 Å². The van der Waals surface area contributed by atoms with Crippen molar-refractivity contribution in [3.8, 4) is 0 Å². The topological polar surface area (TPSA) is 18.5 Å². The number of ether oxygens (including phenoxy) is 2. The van der Waals surface area contributed by atoms with Crippen LogP contribution in [0.15, 0.2) is 0 Å². The van der Waals surface area contributed by atoms with Gasteiger partial charge in [0.2, 0.25) is 0 Å². The summed E-state index contributed by atoms with van der Waals surface area (Å²) >= 11 is 0. The zero-order chi connectivity index (χ0) is 14.1. The molecule has 0 bridgehead atoms. The third kappa shape index (κ3) is 3.06. The summed E-state index contributed by atoms with van der Waals surface area (Å²) in [6.45, 7) is 6.86. The minimum absolute atomic E-state index is 0.0411. The number of rotatable bonds is 2. The number of fused-ring (bicyclic) bond motifs is 1. The predicted octanol–water partition coefficient (Wildman–Crippen LogP) is 4.77. The van der Waals surface area contributed by atoms with Crippen LogP contribution in [0, 0.1) is 23.7 Å². The van der Waals surface area contributed by atoms with E-state index in [1.54, 1.807) is 0 Å². The molecule has 0 aromatic heterocycles. The van der Waals surface area contributed by atoms with E-state index in [0.717, 1.165) is 17.8 Å². The summed E-state index contributed by atoms with van der Waals surface area (Å²) in [5, 5.41) is 0. The van der Waals surface area contributed by atoms with Crippen LogP contribution in [-0.4, -0.2) is 18.5 Å². The van der Waals surface area contributed by atoms with Crippen LogP contribution >= 0.6 is 0 Å². The molecule has 0 radical (unpaired) electrons.